The molecule has 0 atom stereocenters. The largest absolute Gasteiger partial charge is 0.416 e. The summed E-state index contributed by atoms with van der Waals surface area (Å²) in [5.74, 6) is 0. The molecule has 0 heterocycles. The lowest BCUT2D eigenvalue weighted by atomic mass is 9.62. The molecule has 0 radical (unpaired) electrons. The van der Waals surface area contributed by atoms with Crippen molar-refractivity contribution in [1.82, 2.24) is 0 Å². The first-order chi connectivity index (χ1) is 9.40. The van der Waals surface area contributed by atoms with Crippen LogP contribution in [0.5, 0.6) is 0 Å². The van der Waals surface area contributed by atoms with Gasteiger partial charge >= 0.3 is 6.18 Å². The van der Waals surface area contributed by atoms with Crippen molar-refractivity contribution in [1.29, 1.82) is 0 Å². The van der Waals surface area contributed by atoms with Crippen molar-refractivity contribution in [3.05, 3.63) is 65.7 Å². The molecule has 2 rings (SSSR count). The second-order valence-corrected chi connectivity index (χ2v) is 4.76. The fourth-order valence-electron chi connectivity index (χ4n) is 2.06. The molecular formula is C16H14BF3. The van der Waals surface area contributed by atoms with E-state index in [1.807, 2.05) is 24.3 Å². The summed E-state index contributed by atoms with van der Waals surface area (Å²) in [6, 6.07) is 11.7. The highest BCUT2D eigenvalue weighted by atomic mass is 19.4. The third kappa shape index (κ3) is 3.32. The predicted octanol–water partition coefficient (Wildman–Crippen LogP) is 3.04. The summed E-state index contributed by atoms with van der Waals surface area (Å²) in [4.78, 5) is 0. The maximum Gasteiger partial charge on any atom is 0.416 e. The highest BCUT2D eigenvalue weighted by Gasteiger charge is 2.30. The predicted molar refractivity (Wildman–Crippen MR) is 79.1 cm³/mol. The summed E-state index contributed by atoms with van der Waals surface area (Å²) in [5.41, 5.74) is 3.06. The smallest absolute Gasteiger partial charge is 0.166 e. The van der Waals surface area contributed by atoms with Gasteiger partial charge in [0.1, 0.15) is 0 Å². The lowest BCUT2D eigenvalue weighted by Gasteiger charge is -2.10. The molecule has 2 aromatic carbocycles. The van der Waals surface area contributed by atoms with Gasteiger partial charge in [0.15, 0.2) is 7.28 Å². The average Bonchev–Trinajstić information content (AvgIpc) is 2.41. The third-order valence-corrected chi connectivity index (χ3v) is 3.28. The van der Waals surface area contributed by atoms with Gasteiger partial charge in [0.05, 0.1) is 5.56 Å². The van der Waals surface area contributed by atoms with E-state index in [9.17, 15) is 13.2 Å². The molecule has 0 aliphatic carbocycles. The Morgan fingerprint density at radius 3 is 2.20 bits per heavy atom. The van der Waals surface area contributed by atoms with Gasteiger partial charge in [-0.2, -0.15) is 13.2 Å². The highest BCUT2D eigenvalue weighted by molar-refractivity contribution is 6.67. The van der Waals surface area contributed by atoms with Crippen LogP contribution in [0.25, 0.3) is 6.08 Å². The second kappa shape index (κ2) is 5.57. The van der Waals surface area contributed by atoms with Crippen molar-refractivity contribution < 1.29 is 13.2 Å². The Kier molecular flexibility index (Phi) is 4.02. The molecule has 0 fully saturated rings. The van der Waals surface area contributed by atoms with Crippen LogP contribution in [0.1, 0.15) is 16.7 Å². The molecule has 0 aliphatic heterocycles. The summed E-state index contributed by atoms with van der Waals surface area (Å²) >= 11 is 0. The number of benzene rings is 2. The van der Waals surface area contributed by atoms with Crippen molar-refractivity contribution >= 4 is 24.3 Å². The first-order valence-electron chi connectivity index (χ1n) is 6.28. The Hall–Kier alpha value is -1.97. The fourth-order valence-corrected chi connectivity index (χ4v) is 2.06. The topological polar surface area (TPSA) is 0 Å². The molecule has 102 valence electrons. The lowest BCUT2D eigenvalue weighted by Crippen LogP contribution is -2.29. The number of halogens is 3. The Bertz CT molecular complexity index is 613. The fraction of sp³-hybridized carbons (Fsp3) is 0.125. The molecule has 2 aromatic rings. The number of rotatable bonds is 3. The molecule has 0 aliphatic rings. The van der Waals surface area contributed by atoms with Gasteiger partial charge in [0.2, 0.25) is 0 Å². The average molecular weight is 274 g/mol. The van der Waals surface area contributed by atoms with E-state index in [4.69, 9.17) is 0 Å². The molecule has 0 saturated carbocycles. The van der Waals surface area contributed by atoms with Crippen LogP contribution in [0.3, 0.4) is 0 Å². The van der Waals surface area contributed by atoms with Gasteiger partial charge in [-0.15, -0.1) is 0 Å². The molecule has 20 heavy (non-hydrogen) atoms. The van der Waals surface area contributed by atoms with Gasteiger partial charge in [-0.05, 0) is 18.6 Å². The summed E-state index contributed by atoms with van der Waals surface area (Å²) in [5, 5.41) is 0. The summed E-state index contributed by atoms with van der Waals surface area (Å²) in [6.07, 6.45) is -2.53. The van der Waals surface area contributed by atoms with Gasteiger partial charge < -0.3 is 0 Å². The Balaban J connectivity index is 2.23. The van der Waals surface area contributed by atoms with E-state index in [0.717, 1.165) is 22.6 Å². The SMILES string of the molecule is C=Cc1ccc(Bc2ccc(C(F)(F)F)cc2C)cc1. The molecule has 0 nitrogen and oxygen atoms in total. The monoisotopic (exact) mass is 274 g/mol. The number of hydrogen-bond acceptors (Lipinski definition) is 0. The standard InChI is InChI=1S/C16H14BF3/c1-3-12-4-7-14(8-5-12)17-15-9-6-13(10-11(15)2)16(18,19)20/h3-10,17H,1H2,2H3. The van der Waals surface area contributed by atoms with E-state index in [-0.39, 0.29) is 0 Å². The van der Waals surface area contributed by atoms with E-state index in [2.05, 4.69) is 6.58 Å². The van der Waals surface area contributed by atoms with Crippen LogP contribution in [0.4, 0.5) is 13.2 Å². The highest BCUT2D eigenvalue weighted by Crippen LogP contribution is 2.28. The van der Waals surface area contributed by atoms with Crippen LogP contribution < -0.4 is 10.9 Å². The van der Waals surface area contributed by atoms with E-state index in [1.54, 1.807) is 19.1 Å². The van der Waals surface area contributed by atoms with Crippen LogP contribution in [-0.2, 0) is 6.18 Å². The van der Waals surface area contributed by atoms with E-state index in [1.165, 1.54) is 6.07 Å². The second-order valence-electron chi connectivity index (χ2n) is 4.76. The zero-order valence-electron chi connectivity index (χ0n) is 11.2. The van der Waals surface area contributed by atoms with Crippen LogP contribution >= 0.6 is 0 Å². The normalized spacial score (nSPS) is 11.2. The molecular weight excluding hydrogens is 260 g/mol. The molecule has 4 heteroatoms. The van der Waals surface area contributed by atoms with Crippen molar-refractivity contribution in [3.8, 4) is 0 Å². The van der Waals surface area contributed by atoms with Gasteiger partial charge in [-0.3, -0.25) is 0 Å². The molecule has 0 bridgehead atoms. The van der Waals surface area contributed by atoms with Crippen molar-refractivity contribution in [3.63, 3.8) is 0 Å². The Morgan fingerprint density at radius 1 is 1.05 bits per heavy atom. The van der Waals surface area contributed by atoms with Crippen molar-refractivity contribution in [2.24, 2.45) is 0 Å². The Labute approximate surface area is 117 Å². The first kappa shape index (κ1) is 14.4. The molecule has 0 aromatic heterocycles. The lowest BCUT2D eigenvalue weighted by molar-refractivity contribution is -0.137. The van der Waals surface area contributed by atoms with Gasteiger partial charge in [0.25, 0.3) is 0 Å². The number of hydrogen-bond donors (Lipinski definition) is 0. The van der Waals surface area contributed by atoms with Crippen LogP contribution in [-0.4, -0.2) is 7.28 Å². The minimum atomic E-state index is -4.28. The maximum absolute atomic E-state index is 12.6. The van der Waals surface area contributed by atoms with E-state index in [0.29, 0.717) is 12.8 Å². The summed E-state index contributed by atoms with van der Waals surface area (Å²) < 4.78 is 37.8. The molecule has 0 spiro atoms. The van der Waals surface area contributed by atoms with Gasteiger partial charge in [0, 0.05) is 0 Å². The summed E-state index contributed by atoms with van der Waals surface area (Å²) in [7, 11) is 0.626. The minimum absolute atomic E-state index is 0.597. The van der Waals surface area contributed by atoms with Gasteiger partial charge in [-0.25, -0.2) is 0 Å². The van der Waals surface area contributed by atoms with Crippen LogP contribution in [0, 0.1) is 6.92 Å². The maximum atomic E-state index is 12.6. The van der Waals surface area contributed by atoms with E-state index >= 15 is 0 Å². The van der Waals surface area contributed by atoms with E-state index < -0.39 is 11.7 Å². The zero-order valence-corrected chi connectivity index (χ0v) is 11.2. The molecule has 0 saturated heterocycles. The van der Waals surface area contributed by atoms with Gasteiger partial charge in [-0.1, -0.05) is 65.5 Å². The number of alkyl halides is 3. The third-order valence-electron chi connectivity index (χ3n) is 3.28. The molecule has 0 unspecified atom stereocenters. The number of aryl methyl sites for hydroxylation is 1. The molecule has 0 amide bonds. The molecule has 0 N–H and O–H groups in total. The minimum Gasteiger partial charge on any atom is -0.166 e. The van der Waals surface area contributed by atoms with Crippen molar-refractivity contribution in [2.45, 2.75) is 13.1 Å². The quantitative estimate of drug-likeness (QED) is 0.755. The zero-order chi connectivity index (χ0) is 14.8. The first-order valence-corrected chi connectivity index (χ1v) is 6.28. The van der Waals surface area contributed by atoms with Crippen LogP contribution in [0.15, 0.2) is 49.0 Å². The summed E-state index contributed by atoms with van der Waals surface area (Å²) in [6.45, 7) is 5.40. The Morgan fingerprint density at radius 2 is 1.70 bits per heavy atom. The van der Waals surface area contributed by atoms with Crippen molar-refractivity contribution in [2.75, 3.05) is 0 Å². The van der Waals surface area contributed by atoms with Crippen LogP contribution in [0.2, 0.25) is 0 Å².